The topological polar surface area (TPSA) is 88.5 Å². The molecule has 5 rings (SSSR count). The van der Waals surface area contributed by atoms with Crippen LogP contribution in [0.2, 0.25) is 0 Å². The summed E-state index contributed by atoms with van der Waals surface area (Å²) in [6.45, 7) is 4.16. The minimum absolute atomic E-state index is 0.103. The van der Waals surface area contributed by atoms with Crippen molar-refractivity contribution >= 4 is 39.7 Å². The monoisotopic (exact) mass is 448 g/mol. The van der Waals surface area contributed by atoms with E-state index >= 15 is 0 Å². The minimum atomic E-state index is -0.199. The predicted molar refractivity (Wildman–Crippen MR) is 129 cm³/mol. The van der Waals surface area contributed by atoms with Crippen LogP contribution in [0.3, 0.4) is 0 Å². The van der Waals surface area contributed by atoms with Crippen molar-refractivity contribution < 1.29 is 4.79 Å². The predicted octanol–water partition coefficient (Wildman–Crippen LogP) is 4.99. The summed E-state index contributed by atoms with van der Waals surface area (Å²) in [6.07, 6.45) is 6.90. The molecule has 1 aliphatic carbocycles. The zero-order valence-electron chi connectivity index (χ0n) is 18.6. The Labute approximate surface area is 191 Å². The van der Waals surface area contributed by atoms with E-state index in [1.165, 1.54) is 0 Å². The number of aromatic nitrogens is 5. The van der Waals surface area contributed by atoms with E-state index in [1.807, 2.05) is 35.0 Å². The molecule has 32 heavy (non-hydrogen) atoms. The van der Waals surface area contributed by atoms with Crippen molar-refractivity contribution in [2.24, 2.45) is 0 Å². The molecule has 0 bridgehead atoms. The van der Waals surface area contributed by atoms with Crippen LogP contribution in [-0.2, 0) is 0 Å². The van der Waals surface area contributed by atoms with Gasteiger partial charge in [0, 0.05) is 17.7 Å². The number of carbonyl (C=O) groups is 1. The quantitative estimate of drug-likeness (QED) is 0.396. The lowest BCUT2D eigenvalue weighted by Crippen LogP contribution is -2.30. The Morgan fingerprint density at radius 1 is 1.28 bits per heavy atom. The standard InChI is InChI=1S/C24H28N6OS/c1-14(2)30-23-17(13-25-30)16(12-21(28-23)15-8-9-15)24(31)29-20(10-11-32-3)22-26-18-6-4-5-7-19(18)27-22/h4-7,12-15,20H,8-11H2,1-3H3,(H,26,27)(H,29,31)/t20-/m0/s1. The number of fused-ring (bicyclic) bond motifs is 2. The molecule has 1 saturated carbocycles. The van der Waals surface area contributed by atoms with Gasteiger partial charge in [0.25, 0.3) is 5.91 Å². The first-order valence-corrected chi connectivity index (χ1v) is 12.6. The number of nitrogens with one attached hydrogen (secondary N) is 2. The summed E-state index contributed by atoms with van der Waals surface area (Å²) in [6, 6.07) is 9.89. The van der Waals surface area contributed by atoms with Gasteiger partial charge < -0.3 is 10.3 Å². The van der Waals surface area contributed by atoms with Crippen LogP contribution < -0.4 is 5.32 Å². The molecule has 4 aromatic rings. The van der Waals surface area contributed by atoms with E-state index in [9.17, 15) is 4.79 Å². The molecule has 0 unspecified atom stereocenters. The summed E-state index contributed by atoms with van der Waals surface area (Å²) in [7, 11) is 0. The van der Waals surface area contributed by atoms with Crippen LogP contribution >= 0.6 is 11.8 Å². The second-order valence-electron chi connectivity index (χ2n) is 8.74. The van der Waals surface area contributed by atoms with Crippen LogP contribution in [0, 0.1) is 0 Å². The lowest BCUT2D eigenvalue weighted by atomic mass is 10.1. The Morgan fingerprint density at radius 3 is 2.81 bits per heavy atom. The molecule has 3 aromatic heterocycles. The summed E-state index contributed by atoms with van der Waals surface area (Å²) in [5.74, 6) is 2.06. The van der Waals surface area contributed by atoms with Gasteiger partial charge in [0.05, 0.1) is 34.2 Å². The highest BCUT2D eigenvalue weighted by molar-refractivity contribution is 7.98. The summed E-state index contributed by atoms with van der Waals surface area (Å²) >= 11 is 1.76. The van der Waals surface area contributed by atoms with E-state index in [0.717, 1.165) is 58.6 Å². The maximum Gasteiger partial charge on any atom is 0.252 e. The number of carbonyl (C=O) groups excluding carboxylic acids is 1. The van der Waals surface area contributed by atoms with Crippen molar-refractivity contribution in [3.05, 3.63) is 53.6 Å². The molecule has 1 fully saturated rings. The number of thioether (sulfide) groups is 1. The Kier molecular flexibility index (Phi) is 5.63. The molecular formula is C24H28N6OS. The Hall–Kier alpha value is -2.87. The van der Waals surface area contributed by atoms with Crippen LogP contribution in [0.15, 0.2) is 36.5 Å². The number of nitrogens with zero attached hydrogens (tertiary/aromatic N) is 4. The molecule has 0 aliphatic heterocycles. The Morgan fingerprint density at radius 2 is 2.09 bits per heavy atom. The molecule has 166 valence electrons. The molecule has 7 nitrogen and oxygen atoms in total. The molecule has 1 atom stereocenters. The number of hydrogen-bond acceptors (Lipinski definition) is 5. The van der Waals surface area contributed by atoms with Crippen molar-refractivity contribution in [3.8, 4) is 0 Å². The number of imidazole rings is 1. The van der Waals surface area contributed by atoms with Crippen molar-refractivity contribution in [3.63, 3.8) is 0 Å². The van der Waals surface area contributed by atoms with Gasteiger partial charge in [-0.05, 0) is 63.3 Å². The highest BCUT2D eigenvalue weighted by atomic mass is 32.2. The van der Waals surface area contributed by atoms with E-state index in [4.69, 9.17) is 9.97 Å². The van der Waals surface area contributed by atoms with Gasteiger partial charge in [-0.25, -0.2) is 14.6 Å². The van der Waals surface area contributed by atoms with E-state index in [1.54, 1.807) is 18.0 Å². The van der Waals surface area contributed by atoms with E-state index < -0.39 is 0 Å². The van der Waals surface area contributed by atoms with Crippen molar-refractivity contribution in [1.82, 2.24) is 30.0 Å². The molecule has 0 saturated heterocycles. The summed E-state index contributed by atoms with van der Waals surface area (Å²) in [5, 5.41) is 8.58. The minimum Gasteiger partial charge on any atom is -0.342 e. The lowest BCUT2D eigenvalue weighted by Gasteiger charge is -2.17. The number of amides is 1. The van der Waals surface area contributed by atoms with Gasteiger partial charge in [0.1, 0.15) is 5.82 Å². The molecule has 8 heteroatoms. The van der Waals surface area contributed by atoms with Gasteiger partial charge in [-0.1, -0.05) is 12.1 Å². The SMILES string of the molecule is CSCC[C@H](NC(=O)c1cc(C2CC2)nc2c1cnn2C(C)C)c1nc2ccccc2[nH]1. The van der Waals surface area contributed by atoms with E-state index in [-0.39, 0.29) is 18.0 Å². The second kappa shape index (κ2) is 8.58. The average Bonchev–Trinajstić information content (AvgIpc) is 3.40. The van der Waals surface area contributed by atoms with Crippen LogP contribution in [-0.4, -0.2) is 42.6 Å². The second-order valence-corrected chi connectivity index (χ2v) is 9.72. The first-order valence-electron chi connectivity index (χ1n) is 11.2. The van der Waals surface area contributed by atoms with Crippen molar-refractivity contribution in [2.75, 3.05) is 12.0 Å². The van der Waals surface area contributed by atoms with Crippen molar-refractivity contribution in [2.45, 2.75) is 51.1 Å². The number of hydrogen-bond donors (Lipinski definition) is 2. The van der Waals surface area contributed by atoms with Crippen LogP contribution in [0.4, 0.5) is 0 Å². The highest BCUT2D eigenvalue weighted by Gasteiger charge is 2.29. The number of H-pyrrole nitrogens is 1. The zero-order chi connectivity index (χ0) is 22.2. The maximum absolute atomic E-state index is 13.6. The summed E-state index contributed by atoms with van der Waals surface area (Å²) in [5.41, 5.74) is 4.32. The molecule has 0 spiro atoms. The fourth-order valence-electron chi connectivity index (χ4n) is 4.08. The van der Waals surface area contributed by atoms with Crippen LogP contribution in [0.5, 0.6) is 0 Å². The van der Waals surface area contributed by atoms with E-state index in [0.29, 0.717) is 11.5 Å². The smallest absolute Gasteiger partial charge is 0.252 e. The number of rotatable bonds is 8. The first-order chi connectivity index (χ1) is 15.5. The van der Waals surface area contributed by atoms with Gasteiger partial charge in [-0.2, -0.15) is 16.9 Å². The zero-order valence-corrected chi connectivity index (χ0v) is 19.4. The molecule has 3 heterocycles. The lowest BCUT2D eigenvalue weighted by molar-refractivity contribution is 0.0935. The van der Waals surface area contributed by atoms with Gasteiger partial charge in [-0.3, -0.25) is 4.79 Å². The summed E-state index contributed by atoms with van der Waals surface area (Å²) < 4.78 is 1.91. The highest BCUT2D eigenvalue weighted by Crippen LogP contribution is 2.40. The molecule has 1 aromatic carbocycles. The molecule has 0 radical (unpaired) electrons. The van der Waals surface area contributed by atoms with Gasteiger partial charge in [-0.15, -0.1) is 0 Å². The van der Waals surface area contributed by atoms with Crippen molar-refractivity contribution in [1.29, 1.82) is 0 Å². The largest absolute Gasteiger partial charge is 0.342 e. The summed E-state index contributed by atoms with van der Waals surface area (Å²) in [4.78, 5) is 26.6. The maximum atomic E-state index is 13.6. The molecular weight excluding hydrogens is 420 g/mol. The number of pyridine rings is 1. The fraction of sp³-hybridized carbons (Fsp3) is 0.417. The number of aromatic amines is 1. The average molecular weight is 449 g/mol. The number of benzene rings is 1. The Balaban J connectivity index is 1.51. The van der Waals surface area contributed by atoms with Gasteiger partial charge in [0.2, 0.25) is 0 Å². The molecule has 1 aliphatic rings. The third-order valence-corrected chi connectivity index (χ3v) is 6.61. The van der Waals surface area contributed by atoms with Crippen LogP contribution in [0.25, 0.3) is 22.1 Å². The normalized spacial score (nSPS) is 15.0. The molecule has 1 amide bonds. The Bertz CT molecular complexity index is 1240. The van der Waals surface area contributed by atoms with Gasteiger partial charge >= 0.3 is 0 Å². The third kappa shape index (κ3) is 3.99. The number of para-hydroxylation sites is 2. The fourth-order valence-corrected chi connectivity index (χ4v) is 4.55. The van der Waals surface area contributed by atoms with Crippen LogP contribution in [0.1, 0.15) is 73.0 Å². The van der Waals surface area contributed by atoms with E-state index in [2.05, 4.69) is 35.5 Å². The third-order valence-electron chi connectivity index (χ3n) is 5.97. The molecule has 2 N–H and O–H groups in total. The first kappa shape index (κ1) is 21.0. The van der Waals surface area contributed by atoms with Gasteiger partial charge in [0.15, 0.2) is 5.65 Å².